The average molecular weight is 453 g/mol. The summed E-state index contributed by atoms with van der Waals surface area (Å²) in [4.78, 5) is 28.9. The Morgan fingerprint density at radius 1 is 1.31 bits per heavy atom. The monoisotopic (exact) mass is 452 g/mol. The molecule has 2 aliphatic carbocycles. The predicted molar refractivity (Wildman–Crippen MR) is 115 cm³/mol. The summed E-state index contributed by atoms with van der Waals surface area (Å²) in [5.74, 6) is -0.221. The largest absolute Gasteiger partial charge is 0.433 e. The molecule has 32 heavy (non-hydrogen) atoms. The van der Waals surface area contributed by atoms with Crippen molar-refractivity contribution in [2.24, 2.45) is 11.7 Å². The van der Waals surface area contributed by atoms with Gasteiger partial charge >= 0.3 is 6.61 Å². The van der Waals surface area contributed by atoms with E-state index in [4.69, 9.17) is 10.5 Å². The SMILES string of the molecule is NC[C@@H](C(=O)Nc1ccc(N2CCOCC2=O)cc1OC(F)F)N(CC1CCC1)C1CC1. The van der Waals surface area contributed by atoms with Gasteiger partial charge in [-0.3, -0.25) is 14.5 Å². The molecule has 0 aromatic heterocycles. The van der Waals surface area contributed by atoms with E-state index in [9.17, 15) is 18.4 Å². The maximum atomic E-state index is 13.1. The smallest absolute Gasteiger partial charge is 0.387 e. The third kappa shape index (κ3) is 5.36. The van der Waals surface area contributed by atoms with Crippen molar-refractivity contribution >= 4 is 23.2 Å². The fraction of sp³-hybridized carbons (Fsp3) is 0.636. The summed E-state index contributed by atoms with van der Waals surface area (Å²) in [7, 11) is 0. The zero-order valence-electron chi connectivity index (χ0n) is 18.0. The van der Waals surface area contributed by atoms with Crippen LogP contribution < -0.4 is 20.7 Å². The van der Waals surface area contributed by atoms with Gasteiger partial charge in [0.15, 0.2) is 5.75 Å². The lowest BCUT2D eigenvalue weighted by atomic mass is 9.84. The van der Waals surface area contributed by atoms with Crippen molar-refractivity contribution < 1.29 is 27.8 Å². The Kier molecular flexibility index (Phi) is 7.22. The van der Waals surface area contributed by atoms with Crippen LogP contribution in [0.4, 0.5) is 20.2 Å². The first kappa shape index (κ1) is 22.9. The van der Waals surface area contributed by atoms with Crippen LogP contribution in [0.3, 0.4) is 0 Å². The number of hydrogen-bond donors (Lipinski definition) is 2. The molecule has 1 aliphatic heterocycles. The molecule has 0 unspecified atom stereocenters. The van der Waals surface area contributed by atoms with Crippen molar-refractivity contribution in [1.29, 1.82) is 0 Å². The molecule has 3 N–H and O–H groups in total. The summed E-state index contributed by atoms with van der Waals surface area (Å²) < 4.78 is 36.0. The number of benzene rings is 1. The first-order chi connectivity index (χ1) is 15.5. The second-order valence-corrected chi connectivity index (χ2v) is 8.62. The molecule has 0 spiro atoms. The minimum atomic E-state index is -3.08. The Hall–Kier alpha value is -2.30. The zero-order chi connectivity index (χ0) is 22.7. The number of carbonyl (C=O) groups excluding carboxylic acids is 2. The quantitative estimate of drug-likeness (QED) is 0.565. The first-order valence-electron chi connectivity index (χ1n) is 11.2. The lowest BCUT2D eigenvalue weighted by molar-refractivity contribution is -0.125. The van der Waals surface area contributed by atoms with Crippen LogP contribution in [0.25, 0.3) is 0 Å². The van der Waals surface area contributed by atoms with Crippen LogP contribution in [0.2, 0.25) is 0 Å². The normalized spacial score (nSPS) is 20.4. The van der Waals surface area contributed by atoms with Crippen LogP contribution in [-0.4, -0.2) is 68.3 Å². The van der Waals surface area contributed by atoms with Crippen molar-refractivity contribution in [3.05, 3.63) is 18.2 Å². The zero-order valence-corrected chi connectivity index (χ0v) is 18.0. The Labute approximate surface area is 186 Å². The van der Waals surface area contributed by atoms with Crippen molar-refractivity contribution in [2.75, 3.05) is 43.1 Å². The minimum Gasteiger partial charge on any atom is -0.433 e. The number of halogens is 2. The molecule has 3 fully saturated rings. The van der Waals surface area contributed by atoms with Crippen molar-refractivity contribution in [1.82, 2.24) is 4.90 Å². The summed E-state index contributed by atoms with van der Waals surface area (Å²) in [6.07, 6.45) is 5.62. The van der Waals surface area contributed by atoms with Gasteiger partial charge < -0.3 is 25.4 Å². The van der Waals surface area contributed by atoms with Gasteiger partial charge in [0.2, 0.25) is 5.91 Å². The molecular formula is C22H30F2N4O4. The number of nitrogens with one attached hydrogen (secondary N) is 1. The summed E-state index contributed by atoms with van der Waals surface area (Å²) in [6, 6.07) is 4.23. The van der Waals surface area contributed by atoms with Gasteiger partial charge in [0.05, 0.1) is 12.3 Å². The Morgan fingerprint density at radius 2 is 2.09 bits per heavy atom. The maximum Gasteiger partial charge on any atom is 0.387 e. The Morgan fingerprint density at radius 3 is 2.69 bits per heavy atom. The van der Waals surface area contributed by atoms with E-state index in [1.54, 1.807) is 6.07 Å². The van der Waals surface area contributed by atoms with E-state index in [-0.39, 0.29) is 36.4 Å². The van der Waals surface area contributed by atoms with Crippen LogP contribution in [-0.2, 0) is 14.3 Å². The third-order valence-corrected chi connectivity index (χ3v) is 6.37. The highest BCUT2D eigenvalue weighted by Gasteiger charge is 2.39. The van der Waals surface area contributed by atoms with Gasteiger partial charge in [0.25, 0.3) is 5.91 Å². The highest BCUT2D eigenvalue weighted by atomic mass is 19.3. The Bertz CT molecular complexity index is 832. The molecular weight excluding hydrogens is 422 g/mol. The van der Waals surface area contributed by atoms with E-state index in [2.05, 4.69) is 15.0 Å². The van der Waals surface area contributed by atoms with E-state index in [0.29, 0.717) is 30.8 Å². The number of rotatable bonds is 10. The average Bonchev–Trinajstić information content (AvgIpc) is 3.56. The molecule has 1 saturated heterocycles. The van der Waals surface area contributed by atoms with E-state index in [0.717, 1.165) is 32.2 Å². The highest BCUT2D eigenvalue weighted by Crippen LogP contribution is 2.35. The van der Waals surface area contributed by atoms with Gasteiger partial charge in [-0.15, -0.1) is 0 Å². The lowest BCUT2D eigenvalue weighted by Crippen LogP contribution is -2.51. The molecule has 0 bridgehead atoms. The molecule has 10 heteroatoms. The highest BCUT2D eigenvalue weighted by molar-refractivity contribution is 5.98. The molecule has 4 rings (SSSR count). The molecule has 8 nitrogen and oxygen atoms in total. The number of ether oxygens (including phenoxy) is 2. The number of nitrogens with zero attached hydrogens (tertiary/aromatic N) is 2. The number of amides is 2. The third-order valence-electron chi connectivity index (χ3n) is 6.37. The molecule has 176 valence electrons. The van der Waals surface area contributed by atoms with Crippen LogP contribution in [0.1, 0.15) is 32.1 Å². The lowest BCUT2D eigenvalue weighted by Gasteiger charge is -2.36. The summed E-state index contributed by atoms with van der Waals surface area (Å²) in [6.45, 7) is -1.51. The minimum absolute atomic E-state index is 0.0697. The standard InChI is InChI=1S/C22H30F2N4O4/c23-22(24)32-19-10-16(27-8-9-31-13-20(27)29)6-7-17(19)26-21(30)18(11-25)28(15-4-5-15)12-14-2-1-3-14/h6-7,10,14-15,18,22H,1-5,8-9,11-13,25H2,(H,26,30)/t18-/m0/s1. The fourth-order valence-electron chi connectivity index (χ4n) is 4.29. The van der Waals surface area contributed by atoms with Crippen LogP contribution in [0.15, 0.2) is 18.2 Å². The summed E-state index contributed by atoms with van der Waals surface area (Å²) >= 11 is 0. The summed E-state index contributed by atoms with van der Waals surface area (Å²) in [5.41, 5.74) is 6.51. The second-order valence-electron chi connectivity index (χ2n) is 8.62. The number of carbonyl (C=O) groups is 2. The molecule has 1 aromatic rings. The molecule has 2 amide bonds. The van der Waals surface area contributed by atoms with E-state index in [1.807, 2.05) is 0 Å². The van der Waals surface area contributed by atoms with Crippen LogP contribution in [0.5, 0.6) is 5.75 Å². The second kappa shape index (κ2) is 10.1. The first-order valence-corrected chi connectivity index (χ1v) is 11.2. The number of alkyl halides is 2. The fourth-order valence-corrected chi connectivity index (χ4v) is 4.29. The van der Waals surface area contributed by atoms with Gasteiger partial charge in [-0.2, -0.15) is 8.78 Å². The molecule has 1 aromatic carbocycles. The molecule has 2 saturated carbocycles. The van der Waals surface area contributed by atoms with Crippen molar-refractivity contribution in [2.45, 2.75) is 50.8 Å². The molecule has 0 radical (unpaired) electrons. The topological polar surface area (TPSA) is 97.1 Å². The van der Waals surface area contributed by atoms with Gasteiger partial charge in [-0.25, -0.2) is 0 Å². The van der Waals surface area contributed by atoms with E-state index in [1.165, 1.54) is 23.5 Å². The van der Waals surface area contributed by atoms with Crippen molar-refractivity contribution in [3.63, 3.8) is 0 Å². The Balaban J connectivity index is 1.51. The number of hydrogen-bond acceptors (Lipinski definition) is 6. The summed E-state index contributed by atoms with van der Waals surface area (Å²) in [5, 5.41) is 2.73. The van der Waals surface area contributed by atoms with Gasteiger partial charge in [-0.05, 0) is 43.7 Å². The number of morpholine rings is 1. The predicted octanol–water partition coefficient (Wildman–Crippen LogP) is 2.18. The van der Waals surface area contributed by atoms with Crippen molar-refractivity contribution in [3.8, 4) is 5.75 Å². The van der Waals surface area contributed by atoms with Crippen LogP contribution >= 0.6 is 0 Å². The molecule has 3 aliphatic rings. The van der Waals surface area contributed by atoms with Gasteiger partial charge in [0, 0.05) is 37.4 Å². The van der Waals surface area contributed by atoms with Crippen LogP contribution in [0, 0.1) is 5.92 Å². The van der Waals surface area contributed by atoms with Gasteiger partial charge in [0.1, 0.15) is 12.6 Å². The van der Waals surface area contributed by atoms with Gasteiger partial charge in [-0.1, -0.05) is 6.42 Å². The van der Waals surface area contributed by atoms with E-state index < -0.39 is 12.7 Å². The maximum absolute atomic E-state index is 13.1. The van der Waals surface area contributed by atoms with E-state index >= 15 is 0 Å². The number of nitrogens with two attached hydrogens (primary N) is 1. The molecule has 1 heterocycles. The number of anilines is 2. The molecule has 1 atom stereocenters.